The summed E-state index contributed by atoms with van der Waals surface area (Å²) in [4.78, 5) is 20.1. The van der Waals surface area contributed by atoms with Crippen LogP contribution in [-0.4, -0.2) is 36.1 Å². The monoisotopic (exact) mass is 399 g/mol. The Labute approximate surface area is 161 Å². The topological polar surface area (TPSA) is 98.5 Å². The molecule has 1 amide bonds. The molecule has 0 aliphatic heterocycles. The number of halogens is 3. The van der Waals surface area contributed by atoms with Gasteiger partial charge in [-0.2, -0.15) is 13.2 Å². The Bertz CT molecular complexity index is 1190. The maximum Gasteiger partial charge on any atom is 0.433 e. The Morgan fingerprint density at radius 2 is 1.83 bits per heavy atom. The second kappa shape index (κ2) is 6.93. The van der Waals surface area contributed by atoms with E-state index in [2.05, 4.69) is 30.8 Å². The van der Waals surface area contributed by atoms with Gasteiger partial charge in [0.05, 0.1) is 5.69 Å². The van der Waals surface area contributed by atoms with Gasteiger partial charge in [0.2, 0.25) is 0 Å². The maximum absolute atomic E-state index is 13.0. The minimum Gasteiger partial charge on any atom is -0.306 e. The molecule has 0 unspecified atom stereocenters. The fourth-order valence-electron chi connectivity index (χ4n) is 2.72. The van der Waals surface area contributed by atoms with Crippen LogP contribution in [0.4, 0.5) is 19.0 Å². The first-order valence-electron chi connectivity index (χ1n) is 8.31. The van der Waals surface area contributed by atoms with Gasteiger partial charge in [-0.15, -0.1) is 5.10 Å². The van der Waals surface area contributed by atoms with Crippen molar-refractivity contribution in [2.75, 3.05) is 5.32 Å². The minimum atomic E-state index is -4.58. The Morgan fingerprint density at radius 3 is 2.48 bits per heavy atom. The fourth-order valence-corrected chi connectivity index (χ4v) is 2.72. The molecule has 0 aliphatic rings. The van der Waals surface area contributed by atoms with Crippen LogP contribution in [0.1, 0.15) is 21.6 Å². The van der Waals surface area contributed by atoms with Gasteiger partial charge in [-0.1, -0.05) is 0 Å². The number of aromatic nitrogens is 6. The van der Waals surface area contributed by atoms with E-state index in [1.54, 1.807) is 37.3 Å². The second-order valence-corrected chi connectivity index (χ2v) is 6.15. The Balaban J connectivity index is 1.59. The molecule has 4 rings (SSSR count). The third kappa shape index (κ3) is 3.74. The molecule has 29 heavy (non-hydrogen) atoms. The number of carbonyl (C=O) groups is 1. The van der Waals surface area contributed by atoms with E-state index < -0.39 is 17.8 Å². The predicted molar refractivity (Wildman–Crippen MR) is 96.4 cm³/mol. The number of pyridine rings is 2. The van der Waals surface area contributed by atoms with Gasteiger partial charge < -0.3 is 5.32 Å². The molecule has 4 aromatic rings. The number of amides is 1. The molecule has 0 bridgehead atoms. The van der Waals surface area contributed by atoms with Crippen molar-refractivity contribution in [1.82, 2.24) is 30.2 Å². The van der Waals surface area contributed by atoms with Gasteiger partial charge in [-0.05, 0) is 65.4 Å². The number of fused-ring (bicyclic) bond motifs is 1. The average Bonchev–Trinajstić information content (AvgIpc) is 3.22. The molecule has 0 spiro atoms. The van der Waals surface area contributed by atoms with Crippen molar-refractivity contribution in [3.63, 3.8) is 0 Å². The van der Waals surface area contributed by atoms with Gasteiger partial charge in [0.1, 0.15) is 17.8 Å². The van der Waals surface area contributed by atoms with Crippen molar-refractivity contribution in [3.05, 3.63) is 65.6 Å². The Hall–Kier alpha value is -3.89. The molecule has 0 radical (unpaired) electrons. The van der Waals surface area contributed by atoms with Crippen molar-refractivity contribution in [2.24, 2.45) is 0 Å². The number of anilines is 1. The van der Waals surface area contributed by atoms with Crippen LogP contribution in [0.15, 0.2) is 48.8 Å². The summed E-state index contributed by atoms with van der Waals surface area (Å²) in [6, 6.07) is 10.5. The van der Waals surface area contributed by atoms with Crippen molar-refractivity contribution in [3.8, 4) is 5.69 Å². The first kappa shape index (κ1) is 18.5. The van der Waals surface area contributed by atoms with E-state index in [4.69, 9.17) is 0 Å². The van der Waals surface area contributed by atoms with Crippen molar-refractivity contribution in [1.29, 1.82) is 0 Å². The summed E-state index contributed by atoms with van der Waals surface area (Å²) >= 11 is 0. The lowest BCUT2D eigenvalue weighted by Crippen LogP contribution is -2.14. The summed E-state index contributed by atoms with van der Waals surface area (Å²) in [5.74, 6) is -0.373. The van der Waals surface area contributed by atoms with Crippen LogP contribution in [0.25, 0.3) is 16.7 Å². The molecule has 8 nitrogen and oxygen atoms in total. The van der Waals surface area contributed by atoms with Crippen LogP contribution in [0, 0.1) is 6.92 Å². The molecule has 1 N–H and O–H groups in total. The highest BCUT2D eigenvalue weighted by Gasteiger charge is 2.33. The molecular formula is C18H12F3N7O. The number of alkyl halides is 3. The van der Waals surface area contributed by atoms with Crippen molar-refractivity contribution < 1.29 is 18.0 Å². The molecule has 0 saturated heterocycles. The molecule has 146 valence electrons. The molecule has 3 heterocycles. The van der Waals surface area contributed by atoms with Crippen LogP contribution in [0.2, 0.25) is 0 Å². The smallest absolute Gasteiger partial charge is 0.306 e. The largest absolute Gasteiger partial charge is 0.433 e. The number of tetrazole rings is 1. The zero-order valence-corrected chi connectivity index (χ0v) is 14.8. The van der Waals surface area contributed by atoms with Gasteiger partial charge in [0.15, 0.2) is 5.65 Å². The SMILES string of the molecule is Cc1cc(C(F)(F)F)nc2nc(NC(=O)c3ccc(-n4cnnn4)cc3)ccc12. The van der Waals surface area contributed by atoms with Crippen LogP contribution < -0.4 is 5.32 Å². The van der Waals surface area contributed by atoms with E-state index in [0.29, 0.717) is 22.2 Å². The molecule has 3 aromatic heterocycles. The lowest BCUT2D eigenvalue weighted by molar-refractivity contribution is -0.141. The summed E-state index contributed by atoms with van der Waals surface area (Å²) in [6.07, 6.45) is -3.17. The van der Waals surface area contributed by atoms with Crippen molar-refractivity contribution in [2.45, 2.75) is 13.1 Å². The second-order valence-electron chi connectivity index (χ2n) is 6.15. The number of nitrogens with zero attached hydrogens (tertiary/aromatic N) is 6. The molecule has 0 aliphatic carbocycles. The number of hydrogen-bond acceptors (Lipinski definition) is 6. The molecule has 0 saturated carbocycles. The van der Waals surface area contributed by atoms with E-state index >= 15 is 0 Å². The van der Waals surface area contributed by atoms with Crippen molar-refractivity contribution >= 4 is 22.8 Å². The average molecular weight is 399 g/mol. The molecule has 11 heteroatoms. The molecule has 0 fully saturated rings. The molecular weight excluding hydrogens is 387 g/mol. The van der Waals surface area contributed by atoms with Crippen LogP contribution in [-0.2, 0) is 6.18 Å². The minimum absolute atomic E-state index is 0.0934. The summed E-state index contributed by atoms with van der Waals surface area (Å²) in [5, 5.41) is 13.9. The molecule has 0 atom stereocenters. The van der Waals surface area contributed by atoms with E-state index in [0.717, 1.165) is 6.07 Å². The summed E-state index contributed by atoms with van der Waals surface area (Å²) in [5.41, 5.74) is 0.262. The van der Waals surface area contributed by atoms with E-state index in [9.17, 15) is 18.0 Å². The maximum atomic E-state index is 13.0. The quantitative estimate of drug-likeness (QED) is 0.568. The van der Waals surface area contributed by atoms with E-state index in [1.165, 1.54) is 17.1 Å². The van der Waals surface area contributed by atoms with Gasteiger partial charge >= 0.3 is 6.18 Å². The van der Waals surface area contributed by atoms with Crippen LogP contribution in [0.3, 0.4) is 0 Å². The highest BCUT2D eigenvalue weighted by Crippen LogP contribution is 2.30. The lowest BCUT2D eigenvalue weighted by Gasteiger charge is -2.10. The fraction of sp³-hybridized carbons (Fsp3) is 0.111. The van der Waals surface area contributed by atoms with E-state index in [-0.39, 0.29) is 11.5 Å². The number of nitrogens with one attached hydrogen (secondary N) is 1. The zero-order chi connectivity index (χ0) is 20.6. The van der Waals surface area contributed by atoms with Gasteiger partial charge in [0, 0.05) is 10.9 Å². The predicted octanol–water partition coefficient (Wildman–Crippen LogP) is 3.19. The van der Waals surface area contributed by atoms with Crippen LogP contribution in [0.5, 0.6) is 0 Å². The summed E-state index contributed by atoms with van der Waals surface area (Å²) in [6.45, 7) is 1.55. The molecule has 1 aromatic carbocycles. The number of aryl methyl sites for hydroxylation is 1. The highest BCUT2D eigenvalue weighted by atomic mass is 19.4. The number of rotatable bonds is 3. The number of carbonyl (C=O) groups excluding carboxylic acids is 1. The van der Waals surface area contributed by atoms with Crippen LogP contribution >= 0.6 is 0 Å². The van der Waals surface area contributed by atoms with Gasteiger partial charge in [0.25, 0.3) is 5.91 Å². The van der Waals surface area contributed by atoms with Gasteiger partial charge in [-0.3, -0.25) is 4.79 Å². The summed E-state index contributed by atoms with van der Waals surface area (Å²) < 4.78 is 40.4. The highest BCUT2D eigenvalue weighted by molar-refractivity contribution is 6.04. The van der Waals surface area contributed by atoms with E-state index in [1.807, 2.05) is 0 Å². The third-order valence-corrected chi connectivity index (χ3v) is 4.15. The zero-order valence-electron chi connectivity index (χ0n) is 14.8. The third-order valence-electron chi connectivity index (χ3n) is 4.15. The number of hydrogen-bond donors (Lipinski definition) is 1. The Kier molecular flexibility index (Phi) is 4.41. The Morgan fingerprint density at radius 1 is 1.07 bits per heavy atom. The first-order valence-corrected chi connectivity index (χ1v) is 8.31. The standard InChI is InChI=1S/C18H12F3N7O/c1-10-8-14(18(19,20)21)23-16-13(10)6-7-15(24-16)25-17(29)11-2-4-12(5-3-11)28-9-22-26-27-28/h2-9H,1H3,(H,23,24,25,29). The number of benzene rings is 1. The normalized spacial score (nSPS) is 11.6. The lowest BCUT2D eigenvalue weighted by atomic mass is 10.1. The first-order chi connectivity index (χ1) is 13.8. The summed E-state index contributed by atoms with van der Waals surface area (Å²) in [7, 11) is 0. The van der Waals surface area contributed by atoms with Gasteiger partial charge in [-0.25, -0.2) is 14.6 Å².